The Morgan fingerprint density at radius 3 is 2.92 bits per heavy atom. The maximum atomic E-state index is 13.0. The van der Waals surface area contributed by atoms with Crippen molar-refractivity contribution in [1.29, 1.82) is 0 Å². The highest BCUT2D eigenvalue weighted by atomic mass is 19.1. The SMILES string of the molecule is O=C(NCC1CCN(c2ccc(F)cc2)C1)c1ccc2[nH]ccc2n1. The van der Waals surface area contributed by atoms with Gasteiger partial charge in [-0.2, -0.15) is 0 Å². The van der Waals surface area contributed by atoms with Crippen LogP contribution in [0.5, 0.6) is 0 Å². The number of amides is 1. The third-order valence-electron chi connectivity index (χ3n) is 4.67. The summed E-state index contributed by atoms with van der Waals surface area (Å²) < 4.78 is 13.0. The number of hydrogen-bond acceptors (Lipinski definition) is 3. The fraction of sp³-hybridized carbons (Fsp3) is 0.263. The molecule has 5 nitrogen and oxygen atoms in total. The van der Waals surface area contributed by atoms with Crippen LogP contribution in [0, 0.1) is 11.7 Å². The number of H-pyrrole nitrogens is 1. The quantitative estimate of drug-likeness (QED) is 0.769. The lowest BCUT2D eigenvalue weighted by atomic mass is 10.1. The number of nitrogens with zero attached hydrogens (tertiary/aromatic N) is 2. The fourth-order valence-corrected chi connectivity index (χ4v) is 3.27. The predicted octanol–water partition coefficient (Wildman–Crippen LogP) is 2.96. The Morgan fingerprint density at radius 1 is 1.24 bits per heavy atom. The molecule has 1 atom stereocenters. The van der Waals surface area contributed by atoms with Crippen LogP contribution in [0.15, 0.2) is 48.7 Å². The van der Waals surface area contributed by atoms with E-state index in [0.29, 0.717) is 18.2 Å². The molecule has 4 rings (SSSR count). The number of fused-ring (bicyclic) bond motifs is 1. The zero-order valence-electron chi connectivity index (χ0n) is 13.7. The second kappa shape index (κ2) is 6.55. The van der Waals surface area contributed by atoms with E-state index >= 15 is 0 Å². The van der Waals surface area contributed by atoms with Crippen molar-refractivity contribution >= 4 is 22.6 Å². The van der Waals surface area contributed by atoms with Gasteiger partial charge in [-0.15, -0.1) is 0 Å². The number of benzene rings is 1. The maximum Gasteiger partial charge on any atom is 0.269 e. The first-order valence-electron chi connectivity index (χ1n) is 8.42. The van der Waals surface area contributed by atoms with E-state index in [2.05, 4.69) is 20.2 Å². The second-order valence-corrected chi connectivity index (χ2v) is 6.39. The first-order valence-corrected chi connectivity index (χ1v) is 8.42. The van der Waals surface area contributed by atoms with E-state index in [0.717, 1.165) is 36.2 Å². The molecule has 25 heavy (non-hydrogen) atoms. The predicted molar refractivity (Wildman–Crippen MR) is 95.1 cm³/mol. The van der Waals surface area contributed by atoms with E-state index in [1.54, 1.807) is 18.2 Å². The third kappa shape index (κ3) is 3.33. The van der Waals surface area contributed by atoms with Crippen LogP contribution in [0.4, 0.5) is 10.1 Å². The number of hydrogen-bond donors (Lipinski definition) is 2. The summed E-state index contributed by atoms with van der Waals surface area (Å²) in [7, 11) is 0. The minimum atomic E-state index is -0.223. The molecule has 1 saturated heterocycles. The zero-order chi connectivity index (χ0) is 17.2. The Morgan fingerprint density at radius 2 is 2.08 bits per heavy atom. The molecule has 2 N–H and O–H groups in total. The van der Waals surface area contributed by atoms with Gasteiger partial charge in [0.05, 0.1) is 11.0 Å². The highest BCUT2D eigenvalue weighted by Crippen LogP contribution is 2.23. The molecule has 1 fully saturated rings. The molecule has 0 bridgehead atoms. The normalized spacial score (nSPS) is 17.2. The number of rotatable bonds is 4. The Kier molecular flexibility index (Phi) is 4.09. The molecular formula is C19H19FN4O. The topological polar surface area (TPSA) is 61.0 Å². The van der Waals surface area contributed by atoms with Crippen LogP contribution in [0.3, 0.4) is 0 Å². The van der Waals surface area contributed by atoms with Crippen LogP contribution >= 0.6 is 0 Å². The number of halogens is 1. The molecule has 6 heteroatoms. The second-order valence-electron chi connectivity index (χ2n) is 6.39. The standard InChI is InChI=1S/C19H19FN4O/c20-14-1-3-15(4-2-14)24-10-8-13(12-24)11-22-19(25)18-6-5-16-17(23-18)7-9-21-16/h1-7,9,13,21H,8,10-12H2,(H,22,25). The molecule has 3 heterocycles. The number of anilines is 1. The molecule has 1 aliphatic rings. The van der Waals surface area contributed by atoms with E-state index in [-0.39, 0.29) is 11.7 Å². The molecule has 1 amide bonds. The molecule has 3 aromatic rings. The molecule has 0 aliphatic carbocycles. The lowest BCUT2D eigenvalue weighted by Crippen LogP contribution is -2.31. The molecule has 1 aliphatic heterocycles. The van der Waals surface area contributed by atoms with Gasteiger partial charge in [0, 0.05) is 31.5 Å². The van der Waals surface area contributed by atoms with E-state index in [9.17, 15) is 9.18 Å². The minimum absolute atomic E-state index is 0.150. The maximum absolute atomic E-state index is 13.0. The van der Waals surface area contributed by atoms with Crippen molar-refractivity contribution < 1.29 is 9.18 Å². The number of carbonyl (C=O) groups excluding carboxylic acids is 1. The number of aromatic amines is 1. The van der Waals surface area contributed by atoms with Gasteiger partial charge in [0.2, 0.25) is 0 Å². The smallest absolute Gasteiger partial charge is 0.269 e. The molecule has 128 valence electrons. The average Bonchev–Trinajstić information content (AvgIpc) is 3.29. The van der Waals surface area contributed by atoms with Crippen LogP contribution in [0.1, 0.15) is 16.9 Å². The summed E-state index contributed by atoms with van der Waals surface area (Å²) in [6.45, 7) is 2.39. The molecule has 0 spiro atoms. The molecule has 1 aromatic carbocycles. The molecule has 0 saturated carbocycles. The van der Waals surface area contributed by atoms with Gasteiger partial charge in [0.1, 0.15) is 11.5 Å². The van der Waals surface area contributed by atoms with Crippen LogP contribution in [0.2, 0.25) is 0 Å². The lowest BCUT2D eigenvalue weighted by Gasteiger charge is -2.18. The van der Waals surface area contributed by atoms with Crippen molar-refractivity contribution in [1.82, 2.24) is 15.3 Å². The lowest BCUT2D eigenvalue weighted by molar-refractivity contribution is 0.0943. The van der Waals surface area contributed by atoms with Gasteiger partial charge < -0.3 is 15.2 Å². The van der Waals surface area contributed by atoms with Crippen molar-refractivity contribution in [3.8, 4) is 0 Å². The van der Waals surface area contributed by atoms with Crippen molar-refractivity contribution in [3.05, 3.63) is 60.2 Å². The summed E-state index contributed by atoms with van der Waals surface area (Å²) in [6, 6.07) is 12.0. The van der Waals surface area contributed by atoms with Gasteiger partial charge in [0.25, 0.3) is 5.91 Å². The highest BCUT2D eigenvalue weighted by molar-refractivity contribution is 5.94. The number of carbonyl (C=O) groups is 1. The summed E-state index contributed by atoms with van der Waals surface area (Å²) >= 11 is 0. The first kappa shape index (κ1) is 15.6. The third-order valence-corrected chi connectivity index (χ3v) is 4.67. The van der Waals surface area contributed by atoms with Gasteiger partial charge in [-0.25, -0.2) is 9.37 Å². The Bertz CT molecular complexity index is 890. The van der Waals surface area contributed by atoms with Crippen molar-refractivity contribution in [2.24, 2.45) is 5.92 Å². The number of nitrogens with one attached hydrogen (secondary N) is 2. The van der Waals surface area contributed by atoms with Gasteiger partial charge in [-0.05, 0) is 54.8 Å². The Labute approximate surface area is 144 Å². The summed E-state index contributed by atoms with van der Waals surface area (Å²) in [6.07, 6.45) is 2.81. The van der Waals surface area contributed by atoms with Crippen LogP contribution in [0.25, 0.3) is 11.0 Å². The van der Waals surface area contributed by atoms with E-state index in [1.165, 1.54) is 12.1 Å². The highest BCUT2D eigenvalue weighted by Gasteiger charge is 2.23. The first-order chi connectivity index (χ1) is 12.2. The molecular weight excluding hydrogens is 319 g/mol. The van der Waals surface area contributed by atoms with E-state index in [1.807, 2.05) is 18.3 Å². The summed E-state index contributed by atoms with van der Waals surface area (Å²) in [5, 5.41) is 2.98. The summed E-state index contributed by atoms with van der Waals surface area (Å²) in [4.78, 5) is 22.0. The van der Waals surface area contributed by atoms with E-state index in [4.69, 9.17) is 0 Å². The van der Waals surface area contributed by atoms with E-state index < -0.39 is 0 Å². The van der Waals surface area contributed by atoms with Gasteiger partial charge in [-0.1, -0.05) is 0 Å². The summed E-state index contributed by atoms with van der Waals surface area (Å²) in [5.74, 6) is 0.00646. The average molecular weight is 338 g/mol. The summed E-state index contributed by atoms with van der Waals surface area (Å²) in [5.41, 5.74) is 3.16. The Balaban J connectivity index is 1.33. The number of aromatic nitrogens is 2. The van der Waals surface area contributed by atoms with Crippen molar-refractivity contribution in [3.63, 3.8) is 0 Å². The zero-order valence-corrected chi connectivity index (χ0v) is 13.7. The molecule has 1 unspecified atom stereocenters. The van der Waals surface area contributed by atoms with Gasteiger partial charge >= 0.3 is 0 Å². The number of pyridine rings is 1. The minimum Gasteiger partial charge on any atom is -0.371 e. The van der Waals surface area contributed by atoms with Crippen LogP contribution in [-0.4, -0.2) is 35.5 Å². The van der Waals surface area contributed by atoms with Crippen LogP contribution in [-0.2, 0) is 0 Å². The van der Waals surface area contributed by atoms with Crippen molar-refractivity contribution in [2.75, 3.05) is 24.5 Å². The molecule has 2 aromatic heterocycles. The van der Waals surface area contributed by atoms with Crippen molar-refractivity contribution in [2.45, 2.75) is 6.42 Å². The Hall–Kier alpha value is -2.89. The van der Waals surface area contributed by atoms with Crippen LogP contribution < -0.4 is 10.2 Å². The molecule has 0 radical (unpaired) electrons. The fourth-order valence-electron chi connectivity index (χ4n) is 3.27. The van der Waals surface area contributed by atoms with Gasteiger partial charge in [-0.3, -0.25) is 4.79 Å². The largest absolute Gasteiger partial charge is 0.371 e. The van der Waals surface area contributed by atoms with Gasteiger partial charge in [0.15, 0.2) is 0 Å². The monoisotopic (exact) mass is 338 g/mol.